The summed E-state index contributed by atoms with van der Waals surface area (Å²) >= 11 is 0. The Kier molecular flexibility index (Phi) is 15.0. The molecule has 0 N–H and O–H groups in total. The van der Waals surface area contributed by atoms with E-state index in [1.54, 1.807) is 13.8 Å². The summed E-state index contributed by atoms with van der Waals surface area (Å²) in [6.07, 6.45) is 9.19. The maximum absolute atomic E-state index is 11.1. The molecule has 24 heavy (non-hydrogen) atoms. The van der Waals surface area contributed by atoms with Gasteiger partial charge in [-0.05, 0) is 46.5 Å². The van der Waals surface area contributed by atoms with E-state index in [4.69, 9.17) is 4.74 Å². The molecule has 0 aliphatic carbocycles. The minimum Gasteiger partial charge on any atom is -0.367 e. The lowest BCUT2D eigenvalue weighted by Gasteiger charge is -2.02. The molecule has 2 rings (SSSR count). The van der Waals surface area contributed by atoms with E-state index in [-0.39, 0.29) is 10.5 Å². The number of hydrogen-bond acceptors (Lipinski definition) is 3. The molecule has 0 bridgehead atoms. The molecular formula is C20H42O3S. The molecule has 4 heteroatoms. The lowest BCUT2D eigenvalue weighted by molar-refractivity contribution is 0.0830. The fourth-order valence-electron chi connectivity index (χ4n) is 2.23. The van der Waals surface area contributed by atoms with Crippen molar-refractivity contribution in [2.45, 2.75) is 111 Å². The standard InChI is InChI=1S/C6H12O2S.C6H10O.C6H14.C2H6/c1-5-3-4-6(2)9(5,7)8;1-5-3-4-6(2)7-5;1-4-6(3)5-2;1-2/h5-6H,3-4H2,1-2H3;3-6H,1-2H3;6H,4-5H2,1-3H3;1-2H3. The van der Waals surface area contributed by atoms with Gasteiger partial charge in [0.1, 0.15) is 0 Å². The fraction of sp³-hybridized carbons (Fsp3) is 0.900. The van der Waals surface area contributed by atoms with E-state index in [0.717, 1.165) is 18.8 Å². The van der Waals surface area contributed by atoms with E-state index in [9.17, 15) is 8.42 Å². The van der Waals surface area contributed by atoms with Gasteiger partial charge in [0.15, 0.2) is 9.84 Å². The third-order valence-corrected chi connectivity index (χ3v) is 7.29. The summed E-state index contributed by atoms with van der Waals surface area (Å²) in [6, 6.07) is 0. The third kappa shape index (κ3) is 10.5. The number of hydrogen-bond donors (Lipinski definition) is 0. The van der Waals surface area contributed by atoms with Crippen LogP contribution in [0.5, 0.6) is 0 Å². The minimum atomic E-state index is -2.70. The number of ether oxygens (including phenoxy) is 1. The average molecular weight is 363 g/mol. The first-order valence-corrected chi connectivity index (χ1v) is 11.3. The second-order valence-electron chi connectivity index (χ2n) is 6.64. The Morgan fingerprint density at radius 2 is 1.25 bits per heavy atom. The van der Waals surface area contributed by atoms with Gasteiger partial charge in [-0.25, -0.2) is 8.42 Å². The van der Waals surface area contributed by atoms with Crippen LogP contribution >= 0.6 is 0 Å². The van der Waals surface area contributed by atoms with Gasteiger partial charge in [-0.2, -0.15) is 0 Å². The summed E-state index contributed by atoms with van der Waals surface area (Å²) in [7, 11) is -2.70. The smallest absolute Gasteiger partial charge is 0.155 e. The van der Waals surface area contributed by atoms with Crippen LogP contribution in [0.15, 0.2) is 12.2 Å². The molecule has 0 aromatic heterocycles. The zero-order chi connectivity index (χ0) is 19.3. The van der Waals surface area contributed by atoms with E-state index in [0.29, 0.717) is 12.2 Å². The number of rotatable bonds is 2. The van der Waals surface area contributed by atoms with Crippen LogP contribution in [0, 0.1) is 5.92 Å². The predicted octanol–water partition coefficient (Wildman–Crippen LogP) is 5.79. The van der Waals surface area contributed by atoms with E-state index < -0.39 is 9.84 Å². The van der Waals surface area contributed by atoms with Gasteiger partial charge < -0.3 is 4.74 Å². The molecule has 1 fully saturated rings. The topological polar surface area (TPSA) is 43.4 Å². The van der Waals surface area contributed by atoms with Gasteiger partial charge in [-0.3, -0.25) is 0 Å². The van der Waals surface area contributed by atoms with E-state index in [2.05, 4.69) is 32.9 Å². The Labute approximate surface area is 152 Å². The van der Waals surface area contributed by atoms with E-state index >= 15 is 0 Å². The Hall–Kier alpha value is -0.350. The Morgan fingerprint density at radius 3 is 1.33 bits per heavy atom. The van der Waals surface area contributed by atoms with Gasteiger partial charge in [0.05, 0.1) is 22.7 Å². The molecule has 4 unspecified atom stereocenters. The highest BCUT2D eigenvalue weighted by atomic mass is 32.2. The molecule has 0 radical (unpaired) electrons. The van der Waals surface area contributed by atoms with Crippen LogP contribution in [0.4, 0.5) is 0 Å². The summed E-state index contributed by atoms with van der Waals surface area (Å²) in [5, 5.41) is -0.181. The Balaban J connectivity index is 0. The molecule has 0 aromatic carbocycles. The van der Waals surface area contributed by atoms with Gasteiger partial charge in [0.2, 0.25) is 0 Å². The number of sulfone groups is 1. The first kappa shape index (κ1) is 25.9. The highest BCUT2D eigenvalue weighted by Gasteiger charge is 2.34. The summed E-state index contributed by atoms with van der Waals surface area (Å²) in [4.78, 5) is 0. The maximum Gasteiger partial charge on any atom is 0.155 e. The lowest BCUT2D eigenvalue weighted by Crippen LogP contribution is -2.17. The maximum atomic E-state index is 11.1. The largest absolute Gasteiger partial charge is 0.367 e. The van der Waals surface area contributed by atoms with Crippen molar-refractivity contribution >= 4 is 9.84 Å². The molecule has 146 valence electrons. The first-order chi connectivity index (χ1) is 11.1. The molecule has 2 aliphatic rings. The van der Waals surface area contributed by atoms with E-state index in [1.165, 1.54) is 12.8 Å². The van der Waals surface area contributed by atoms with Gasteiger partial charge >= 0.3 is 0 Å². The molecule has 2 heterocycles. The van der Waals surface area contributed by atoms with Crippen LogP contribution in [-0.4, -0.2) is 31.1 Å². The third-order valence-electron chi connectivity index (χ3n) is 4.58. The molecular weight excluding hydrogens is 320 g/mol. The van der Waals surface area contributed by atoms with Crippen LogP contribution in [0.1, 0.15) is 88.0 Å². The Morgan fingerprint density at radius 1 is 0.917 bits per heavy atom. The van der Waals surface area contributed by atoms with Crippen molar-refractivity contribution in [3.8, 4) is 0 Å². The van der Waals surface area contributed by atoms with Crippen LogP contribution in [0.3, 0.4) is 0 Å². The first-order valence-electron chi connectivity index (χ1n) is 9.71. The van der Waals surface area contributed by atoms with Crippen LogP contribution in [0.25, 0.3) is 0 Å². The van der Waals surface area contributed by atoms with Gasteiger partial charge in [-0.1, -0.05) is 59.6 Å². The SMILES string of the molecule is CC.CC1C=CC(C)O1.CC1CCC(C)S1(=O)=O.CCC(C)CC. The summed E-state index contributed by atoms with van der Waals surface area (Å²) in [5.74, 6) is 0.935. The van der Waals surface area contributed by atoms with Crippen LogP contribution in [0.2, 0.25) is 0 Å². The summed E-state index contributed by atoms with van der Waals surface area (Å²) in [6.45, 7) is 18.4. The fourth-order valence-corrected chi connectivity index (χ4v) is 3.95. The molecule has 3 nitrogen and oxygen atoms in total. The quantitative estimate of drug-likeness (QED) is 0.584. The van der Waals surface area contributed by atoms with Crippen molar-refractivity contribution < 1.29 is 13.2 Å². The average Bonchev–Trinajstić information content (AvgIpc) is 3.06. The zero-order valence-electron chi connectivity index (χ0n) is 17.5. The van der Waals surface area contributed by atoms with E-state index in [1.807, 2.05) is 27.7 Å². The summed E-state index contributed by atoms with van der Waals surface area (Å²) < 4.78 is 27.4. The second-order valence-corrected chi connectivity index (χ2v) is 9.43. The minimum absolute atomic E-state index is 0.0903. The highest BCUT2D eigenvalue weighted by Crippen LogP contribution is 2.25. The van der Waals surface area contributed by atoms with Crippen molar-refractivity contribution in [2.75, 3.05) is 0 Å². The highest BCUT2D eigenvalue weighted by molar-refractivity contribution is 7.92. The predicted molar refractivity (Wildman–Crippen MR) is 107 cm³/mol. The monoisotopic (exact) mass is 362 g/mol. The summed E-state index contributed by atoms with van der Waals surface area (Å²) in [5.41, 5.74) is 0. The van der Waals surface area contributed by atoms with Gasteiger partial charge in [-0.15, -0.1) is 0 Å². The lowest BCUT2D eigenvalue weighted by atomic mass is 10.1. The van der Waals surface area contributed by atoms with Crippen molar-refractivity contribution in [1.82, 2.24) is 0 Å². The van der Waals surface area contributed by atoms with Crippen LogP contribution < -0.4 is 0 Å². The van der Waals surface area contributed by atoms with Crippen LogP contribution in [-0.2, 0) is 14.6 Å². The second kappa shape index (κ2) is 13.9. The molecule has 2 aliphatic heterocycles. The molecule has 0 spiro atoms. The van der Waals surface area contributed by atoms with Crippen molar-refractivity contribution in [3.63, 3.8) is 0 Å². The molecule has 1 saturated heterocycles. The molecule has 0 saturated carbocycles. The van der Waals surface area contributed by atoms with Crippen molar-refractivity contribution in [2.24, 2.45) is 5.92 Å². The van der Waals surface area contributed by atoms with Crippen molar-refractivity contribution in [3.05, 3.63) is 12.2 Å². The van der Waals surface area contributed by atoms with Gasteiger partial charge in [0, 0.05) is 0 Å². The van der Waals surface area contributed by atoms with Gasteiger partial charge in [0.25, 0.3) is 0 Å². The molecule has 0 amide bonds. The zero-order valence-corrected chi connectivity index (χ0v) is 18.3. The normalized spacial score (nSPS) is 29.8. The molecule has 4 atom stereocenters. The van der Waals surface area contributed by atoms with Crippen molar-refractivity contribution in [1.29, 1.82) is 0 Å². The molecule has 0 aromatic rings. The Bertz CT molecular complexity index is 385.